The molecule has 3 rings (SSSR count). The summed E-state index contributed by atoms with van der Waals surface area (Å²) in [5.74, 6) is -0.141. The summed E-state index contributed by atoms with van der Waals surface area (Å²) in [6.45, 7) is 1.90. The van der Waals surface area contributed by atoms with Crippen LogP contribution in [0.15, 0.2) is 60.7 Å². The number of rotatable bonds is 3. The van der Waals surface area contributed by atoms with Gasteiger partial charge in [-0.15, -0.1) is 0 Å². The second-order valence-electron chi connectivity index (χ2n) is 5.38. The molecule has 0 aliphatic heterocycles. The Kier molecular flexibility index (Phi) is 4.07. The molecule has 0 aromatic heterocycles. The van der Waals surface area contributed by atoms with Crippen molar-refractivity contribution in [3.05, 3.63) is 83.2 Å². The zero-order valence-electron chi connectivity index (χ0n) is 11.8. The first-order chi connectivity index (χ1) is 10.1. The highest BCUT2D eigenvalue weighted by Crippen LogP contribution is 2.30. The molecular weight excluding hydrogens is 327 g/mol. The molecule has 0 bridgehead atoms. The highest BCUT2D eigenvalue weighted by atomic mass is 79.9. The van der Waals surface area contributed by atoms with Crippen LogP contribution >= 0.6 is 15.9 Å². The minimum atomic E-state index is -0.141. The van der Waals surface area contributed by atoms with E-state index in [0.29, 0.717) is 5.56 Å². The van der Waals surface area contributed by atoms with Gasteiger partial charge in [-0.05, 0) is 41.3 Å². The van der Waals surface area contributed by atoms with Crippen molar-refractivity contribution < 1.29 is 4.39 Å². The van der Waals surface area contributed by atoms with E-state index < -0.39 is 0 Å². The zero-order valence-corrected chi connectivity index (χ0v) is 13.4. The molecule has 0 aliphatic rings. The molecule has 0 radical (unpaired) electrons. The Labute approximate surface area is 132 Å². The molecule has 2 heteroatoms. The topological polar surface area (TPSA) is 0 Å². The van der Waals surface area contributed by atoms with E-state index in [1.807, 2.05) is 31.2 Å². The molecule has 106 valence electrons. The van der Waals surface area contributed by atoms with E-state index in [4.69, 9.17) is 0 Å². The predicted octanol–water partition coefficient (Wildman–Crippen LogP) is 5.97. The van der Waals surface area contributed by atoms with Crippen LogP contribution in [0.25, 0.3) is 10.8 Å². The lowest BCUT2D eigenvalue weighted by molar-refractivity contribution is 0.607. The van der Waals surface area contributed by atoms with E-state index >= 15 is 0 Å². The highest BCUT2D eigenvalue weighted by Gasteiger charge is 2.13. The summed E-state index contributed by atoms with van der Waals surface area (Å²) in [4.78, 5) is -0.0146. The molecule has 1 unspecified atom stereocenters. The number of hydrogen-bond acceptors (Lipinski definition) is 0. The second-order valence-corrected chi connectivity index (χ2v) is 6.48. The molecule has 0 aliphatic carbocycles. The van der Waals surface area contributed by atoms with Crippen molar-refractivity contribution >= 4 is 26.7 Å². The summed E-state index contributed by atoms with van der Waals surface area (Å²) < 4.78 is 14.0. The van der Waals surface area contributed by atoms with Crippen LogP contribution in [0.4, 0.5) is 4.39 Å². The Balaban J connectivity index is 1.87. The molecule has 0 N–H and O–H groups in total. The smallest absolute Gasteiger partial charge is 0.127 e. The van der Waals surface area contributed by atoms with Gasteiger partial charge in [-0.3, -0.25) is 0 Å². The largest absolute Gasteiger partial charge is 0.207 e. The van der Waals surface area contributed by atoms with E-state index in [-0.39, 0.29) is 10.6 Å². The monoisotopic (exact) mass is 342 g/mol. The molecule has 0 spiro atoms. The van der Waals surface area contributed by atoms with E-state index in [1.54, 1.807) is 6.07 Å². The molecule has 1 atom stereocenters. The maximum absolute atomic E-state index is 14.0. The highest BCUT2D eigenvalue weighted by molar-refractivity contribution is 9.09. The maximum atomic E-state index is 14.0. The number of fused-ring (bicyclic) bond motifs is 1. The molecule has 0 fully saturated rings. The van der Waals surface area contributed by atoms with Crippen LogP contribution in [0.3, 0.4) is 0 Å². The van der Waals surface area contributed by atoms with Gasteiger partial charge in [-0.25, -0.2) is 4.39 Å². The lowest BCUT2D eigenvalue weighted by atomic mass is 10.00. The van der Waals surface area contributed by atoms with Gasteiger partial charge in [0.25, 0.3) is 0 Å². The molecular formula is C19H16BrF. The summed E-state index contributed by atoms with van der Waals surface area (Å²) in [5, 5.41) is 2.45. The quantitative estimate of drug-likeness (QED) is 0.514. The Hall–Kier alpha value is -1.67. The van der Waals surface area contributed by atoms with Gasteiger partial charge in [0.15, 0.2) is 0 Å². The first-order valence-corrected chi connectivity index (χ1v) is 7.93. The van der Waals surface area contributed by atoms with Crippen molar-refractivity contribution in [2.45, 2.75) is 18.2 Å². The standard InChI is InChI=1S/C19H16BrF/c1-13-6-9-17(19(21)10-13)18(20)12-14-7-8-15-4-2-3-5-16(15)11-14/h2-11,18H,12H2,1H3. The van der Waals surface area contributed by atoms with E-state index in [2.05, 4.69) is 46.3 Å². The minimum Gasteiger partial charge on any atom is -0.207 e. The lowest BCUT2D eigenvalue weighted by Crippen LogP contribution is -1.99. The predicted molar refractivity (Wildman–Crippen MR) is 90.5 cm³/mol. The Morgan fingerprint density at radius 2 is 1.71 bits per heavy atom. The summed E-state index contributed by atoms with van der Waals surface area (Å²) in [6.07, 6.45) is 0.769. The molecule has 0 amide bonds. The van der Waals surface area contributed by atoms with Gasteiger partial charge < -0.3 is 0 Å². The van der Waals surface area contributed by atoms with Gasteiger partial charge >= 0.3 is 0 Å². The van der Waals surface area contributed by atoms with Crippen LogP contribution in [0.5, 0.6) is 0 Å². The first kappa shape index (κ1) is 14.3. The van der Waals surface area contributed by atoms with Gasteiger partial charge in [-0.1, -0.05) is 70.5 Å². The van der Waals surface area contributed by atoms with E-state index in [9.17, 15) is 4.39 Å². The fourth-order valence-electron chi connectivity index (χ4n) is 2.57. The van der Waals surface area contributed by atoms with Crippen molar-refractivity contribution in [2.75, 3.05) is 0 Å². The first-order valence-electron chi connectivity index (χ1n) is 7.01. The summed E-state index contributed by atoms with van der Waals surface area (Å²) in [6, 6.07) is 20.1. The average molecular weight is 343 g/mol. The van der Waals surface area contributed by atoms with E-state index in [0.717, 1.165) is 12.0 Å². The summed E-state index contributed by atoms with van der Waals surface area (Å²) in [5.41, 5.74) is 2.87. The van der Waals surface area contributed by atoms with Crippen LogP contribution < -0.4 is 0 Å². The maximum Gasteiger partial charge on any atom is 0.127 e. The molecule has 0 saturated heterocycles. The van der Waals surface area contributed by atoms with Gasteiger partial charge in [-0.2, -0.15) is 0 Å². The summed E-state index contributed by atoms with van der Waals surface area (Å²) in [7, 11) is 0. The fourth-order valence-corrected chi connectivity index (χ4v) is 3.31. The average Bonchev–Trinajstić information content (AvgIpc) is 2.47. The number of alkyl halides is 1. The molecule has 3 aromatic rings. The molecule has 3 aromatic carbocycles. The molecule has 0 saturated carbocycles. The minimum absolute atomic E-state index is 0.0146. The van der Waals surface area contributed by atoms with Crippen molar-refractivity contribution in [1.29, 1.82) is 0 Å². The third-order valence-corrected chi connectivity index (χ3v) is 4.54. The molecule has 21 heavy (non-hydrogen) atoms. The normalized spacial score (nSPS) is 12.5. The van der Waals surface area contributed by atoms with Gasteiger partial charge in [0.2, 0.25) is 0 Å². The third-order valence-electron chi connectivity index (χ3n) is 3.72. The van der Waals surface area contributed by atoms with Crippen LogP contribution in [0.2, 0.25) is 0 Å². The van der Waals surface area contributed by atoms with Crippen molar-refractivity contribution in [1.82, 2.24) is 0 Å². The van der Waals surface area contributed by atoms with Crippen LogP contribution in [-0.2, 0) is 6.42 Å². The molecule has 0 nitrogen and oxygen atoms in total. The molecule has 0 heterocycles. The van der Waals surface area contributed by atoms with Crippen molar-refractivity contribution in [3.63, 3.8) is 0 Å². The fraction of sp³-hybridized carbons (Fsp3) is 0.158. The number of halogens is 2. The SMILES string of the molecule is Cc1ccc(C(Br)Cc2ccc3ccccc3c2)c(F)c1. The zero-order chi connectivity index (χ0) is 14.8. The Morgan fingerprint density at radius 3 is 2.48 bits per heavy atom. The van der Waals surface area contributed by atoms with Crippen LogP contribution in [-0.4, -0.2) is 0 Å². The number of hydrogen-bond donors (Lipinski definition) is 0. The van der Waals surface area contributed by atoms with Crippen LogP contribution in [0, 0.1) is 12.7 Å². The second kappa shape index (κ2) is 5.98. The third kappa shape index (κ3) is 3.16. The van der Waals surface area contributed by atoms with Crippen LogP contribution in [0.1, 0.15) is 21.5 Å². The number of aryl methyl sites for hydroxylation is 1. The van der Waals surface area contributed by atoms with E-state index in [1.165, 1.54) is 16.3 Å². The summed E-state index contributed by atoms with van der Waals surface area (Å²) >= 11 is 3.62. The Bertz CT molecular complexity index is 779. The number of benzene rings is 3. The van der Waals surface area contributed by atoms with Gasteiger partial charge in [0, 0.05) is 10.4 Å². The Morgan fingerprint density at radius 1 is 0.952 bits per heavy atom. The van der Waals surface area contributed by atoms with Gasteiger partial charge in [0.1, 0.15) is 5.82 Å². The lowest BCUT2D eigenvalue weighted by Gasteiger charge is -2.12. The van der Waals surface area contributed by atoms with Crippen molar-refractivity contribution in [3.8, 4) is 0 Å². The van der Waals surface area contributed by atoms with Gasteiger partial charge in [0.05, 0.1) is 0 Å². The van der Waals surface area contributed by atoms with Crippen molar-refractivity contribution in [2.24, 2.45) is 0 Å².